The van der Waals surface area contributed by atoms with Crippen LogP contribution in [0.2, 0.25) is 0 Å². The second-order valence-electron chi connectivity index (χ2n) is 6.22. The molecule has 2 amide bonds. The van der Waals surface area contributed by atoms with Gasteiger partial charge in [0.2, 0.25) is 5.91 Å². The Morgan fingerprint density at radius 1 is 1.11 bits per heavy atom. The van der Waals surface area contributed by atoms with Crippen molar-refractivity contribution in [2.75, 3.05) is 29.5 Å². The SMILES string of the molecule is N#CCN(C(=O)COC(=O)c1ccccc1N1CCCC1=O)c1ccccc1. The third-order valence-corrected chi connectivity index (χ3v) is 4.41. The quantitative estimate of drug-likeness (QED) is 0.570. The van der Waals surface area contributed by atoms with Gasteiger partial charge in [0.15, 0.2) is 6.61 Å². The molecule has 2 aromatic rings. The Morgan fingerprint density at radius 2 is 1.82 bits per heavy atom. The number of para-hydroxylation sites is 2. The molecule has 0 spiro atoms. The van der Waals surface area contributed by atoms with E-state index in [0.29, 0.717) is 24.3 Å². The summed E-state index contributed by atoms with van der Waals surface area (Å²) in [7, 11) is 0. The van der Waals surface area contributed by atoms with E-state index >= 15 is 0 Å². The van der Waals surface area contributed by atoms with Crippen molar-refractivity contribution in [3.63, 3.8) is 0 Å². The third-order valence-electron chi connectivity index (χ3n) is 4.41. The number of nitriles is 1. The molecule has 0 N–H and O–H groups in total. The van der Waals surface area contributed by atoms with Crippen LogP contribution in [0.5, 0.6) is 0 Å². The van der Waals surface area contributed by atoms with Gasteiger partial charge in [0.05, 0.1) is 17.3 Å². The fourth-order valence-corrected chi connectivity index (χ4v) is 3.07. The number of benzene rings is 2. The number of hydrogen-bond donors (Lipinski definition) is 0. The van der Waals surface area contributed by atoms with Crippen molar-refractivity contribution in [1.82, 2.24) is 0 Å². The zero-order valence-corrected chi connectivity index (χ0v) is 15.2. The van der Waals surface area contributed by atoms with Gasteiger partial charge in [-0.3, -0.25) is 14.5 Å². The molecule has 1 heterocycles. The molecule has 0 bridgehead atoms. The molecule has 0 atom stereocenters. The first-order valence-corrected chi connectivity index (χ1v) is 8.90. The molecule has 3 rings (SSSR count). The van der Waals surface area contributed by atoms with Crippen LogP contribution in [0, 0.1) is 11.3 Å². The van der Waals surface area contributed by atoms with E-state index in [1.807, 2.05) is 6.07 Å². The molecular weight excluding hydrogens is 358 g/mol. The lowest BCUT2D eigenvalue weighted by Crippen LogP contribution is -2.35. The first kappa shape index (κ1) is 19.1. The molecule has 142 valence electrons. The molecule has 2 aromatic carbocycles. The van der Waals surface area contributed by atoms with E-state index in [9.17, 15) is 14.4 Å². The van der Waals surface area contributed by atoms with Crippen molar-refractivity contribution >= 4 is 29.2 Å². The lowest BCUT2D eigenvalue weighted by Gasteiger charge is -2.21. The van der Waals surface area contributed by atoms with E-state index in [4.69, 9.17) is 10.00 Å². The number of anilines is 2. The standard InChI is InChI=1S/C21H19N3O4/c22-12-14-23(16-7-2-1-3-8-16)20(26)15-28-21(27)17-9-4-5-10-18(17)24-13-6-11-19(24)25/h1-5,7-10H,6,11,13-15H2. The molecule has 1 fully saturated rings. The fraction of sp³-hybridized carbons (Fsp3) is 0.238. The summed E-state index contributed by atoms with van der Waals surface area (Å²) in [6, 6.07) is 17.3. The Hall–Kier alpha value is -3.66. The van der Waals surface area contributed by atoms with Crippen LogP contribution < -0.4 is 9.80 Å². The highest BCUT2D eigenvalue weighted by Gasteiger charge is 2.26. The molecule has 1 saturated heterocycles. The van der Waals surface area contributed by atoms with Crippen LogP contribution in [-0.4, -0.2) is 37.5 Å². The number of ether oxygens (including phenoxy) is 1. The van der Waals surface area contributed by atoms with Crippen LogP contribution in [0.4, 0.5) is 11.4 Å². The molecule has 0 aromatic heterocycles. The summed E-state index contributed by atoms with van der Waals surface area (Å²) in [5.41, 5.74) is 1.27. The van der Waals surface area contributed by atoms with Gasteiger partial charge >= 0.3 is 5.97 Å². The van der Waals surface area contributed by atoms with Crippen molar-refractivity contribution in [3.8, 4) is 6.07 Å². The van der Waals surface area contributed by atoms with E-state index in [-0.39, 0.29) is 18.0 Å². The number of amides is 2. The highest BCUT2D eigenvalue weighted by atomic mass is 16.5. The Bertz CT molecular complexity index is 921. The lowest BCUT2D eigenvalue weighted by molar-refractivity contribution is -0.121. The first-order chi connectivity index (χ1) is 13.6. The fourth-order valence-electron chi connectivity index (χ4n) is 3.07. The Balaban J connectivity index is 1.71. The molecule has 0 unspecified atom stereocenters. The molecule has 7 heteroatoms. The predicted octanol–water partition coefficient (Wildman–Crippen LogP) is 2.53. The van der Waals surface area contributed by atoms with Crippen molar-refractivity contribution in [3.05, 3.63) is 60.2 Å². The number of esters is 1. The molecule has 0 radical (unpaired) electrons. The van der Waals surface area contributed by atoms with Crippen LogP contribution in [0.15, 0.2) is 54.6 Å². The van der Waals surface area contributed by atoms with Gasteiger partial charge < -0.3 is 9.64 Å². The maximum Gasteiger partial charge on any atom is 0.340 e. The predicted molar refractivity (Wildman–Crippen MR) is 103 cm³/mol. The van der Waals surface area contributed by atoms with Gasteiger partial charge in [-0.25, -0.2) is 4.79 Å². The molecule has 28 heavy (non-hydrogen) atoms. The van der Waals surface area contributed by atoms with E-state index in [0.717, 1.165) is 6.42 Å². The lowest BCUT2D eigenvalue weighted by atomic mass is 10.1. The average molecular weight is 377 g/mol. The molecule has 1 aliphatic rings. The molecule has 0 aliphatic carbocycles. The van der Waals surface area contributed by atoms with Crippen LogP contribution in [0.3, 0.4) is 0 Å². The van der Waals surface area contributed by atoms with Gasteiger partial charge in [0.25, 0.3) is 5.91 Å². The molecule has 7 nitrogen and oxygen atoms in total. The summed E-state index contributed by atoms with van der Waals surface area (Å²) in [4.78, 5) is 39.9. The Morgan fingerprint density at radius 3 is 2.50 bits per heavy atom. The van der Waals surface area contributed by atoms with Gasteiger partial charge in [0.1, 0.15) is 6.54 Å². The average Bonchev–Trinajstić information content (AvgIpc) is 3.16. The highest BCUT2D eigenvalue weighted by Crippen LogP contribution is 2.26. The minimum atomic E-state index is -0.686. The number of nitrogens with zero attached hydrogens (tertiary/aromatic N) is 3. The molecule has 0 saturated carbocycles. The van der Waals surface area contributed by atoms with Crippen LogP contribution >= 0.6 is 0 Å². The second kappa shape index (κ2) is 8.82. The molecular formula is C21H19N3O4. The number of hydrogen-bond acceptors (Lipinski definition) is 5. The van der Waals surface area contributed by atoms with Gasteiger partial charge in [-0.1, -0.05) is 30.3 Å². The van der Waals surface area contributed by atoms with Crippen molar-refractivity contribution in [1.29, 1.82) is 5.26 Å². The summed E-state index contributed by atoms with van der Waals surface area (Å²) < 4.78 is 5.20. The summed E-state index contributed by atoms with van der Waals surface area (Å²) >= 11 is 0. The minimum Gasteiger partial charge on any atom is -0.452 e. The third kappa shape index (κ3) is 4.18. The summed E-state index contributed by atoms with van der Waals surface area (Å²) in [5, 5.41) is 9.00. The van der Waals surface area contributed by atoms with Crippen molar-refractivity contribution < 1.29 is 19.1 Å². The topological polar surface area (TPSA) is 90.7 Å². The van der Waals surface area contributed by atoms with Gasteiger partial charge in [0, 0.05) is 18.7 Å². The Kier molecular flexibility index (Phi) is 6.02. The maximum atomic E-state index is 12.6. The smallest absolute Gasteiger partial charge is 0.340 e. The number of rotatable bonds is 6. The van der Waals surface area contributed by atoms with Crippen molar-refractivity contribution in [2.24, 2.45) is 0 Å². The Labute approximate surface area is 162 Å². The largest absolute Gasteiger partial charge is 0.452 e. The van der Waals surface area contributed by atoms with E-state index < -0.39 is 18.5 Å². The highest BCUT2D eigenvalue weighted by molar-refractivity contribution is 6.04. The molecule has 1 aliphatic heterocycles. The van der Waals surface area contributed by atoms with Crippen LogP contribution in [-0.2, 0) is 14.3 Å². The van der Waals surface area contributed by atoms with E-state index in [1.54, 1.807) is 59.5 Å². The summed E-state index contributed by atoms with van der Waals surface area (Å²) in [6.45, 7) is -0.108. The normalized spacial score (nSPS) is 13.1. The zero-order chi connectivity index (χ0) is 19.9. The number of carbonyl (C=O) groups excluding carboxylic acids is 3. The van der Waals surface area contributed by atoms with Gasteiger partial charge in [-0.2, -0.15) is 5.26 Å². The zero-order valence-electron chi connectivity index (χ0n) is 15.2. The maximum absolute atomic E-state index is 12.6. The van der Waals surface area contributed by atoms with Crippen LogP contribution in [0.25, 0.3) is 0 Å². The first-order valence-electron chi connectivity index (χ1n) is 8.90. The monoisotopic (exact) mass is 377 g/mol. The minimum absolute atomic E-state index is 0.0411. The van der Waals surface area contributed by atoms with Gasteiger partial charge in [-0.15, -0.1) is 0 Å². The summed E-state index contributed by atoms with van der Waals surface area (Å²) in [6.07, 6.45) is 1.18. The number of carbonyl (C=O) groups is 3. The summed E-state index contributed by atoms with van der Waals surface area (Å²) in [5.74, 6) is -1.23. The van der Waals surface area contributed by atoms with E-state index in [1.165, 1.54) is 4.90 Å². The van der Waals surface area contributed by atoms with Gasteiger partial charge in [-0.05, 0) is 30.7 Å². The van der Waals surface area contributed by atoms with Crippen LogP contribution in [0.1, 0.15) is 23.2 Å². The van der Waals surface area contributed by atoms with E-state index in [2.05, 4.69) is 0 Å². The second-order valence-corrected chi connectivity index (χ2v) is 6.22. The van der Waals surface area contributed by atoms with Crippen molar-refractivity contribution in [2.45, 2.75) is 12.8 Å².